The number of rotatable bonds is 5. The van der Waals surface area contributed by atoms with Crippen LogP contribution in [0, 0.1) is 11.3 Å². The van der Waals surface area contributed by atoms with Gasteiger partial charge in [-0.2, -0.15) is 0 Å². The molecule has 1 saturated carbocycles. The van der Waals surface area contributed by atoms with E-state index in [1.165, 1.54) is 20.4 Å². The number of fused-ring (bicyclic) bond motifs is 3. The fourth-order valence-electron chi connectivity index (χ4n) is 5.47. The third kappa shape index (κ3) is 3.90. The van der Waals surface area contributed by atoms with E-state index in [9.17, 15) is 19.5 Å². The van der Waals surface area contributed by atoms with Crippen molar-refractivity contribution in [2.24, 2.45) is 18.4 Å². The number of nitrogens with zero attached hydrogens (tertiary/aromatic N) is 4. The van der Waals surface area contributed by atoms with Gasteiger partial charge in [0.25, 0.3) is 11.1 Å². The molecule has 2 N–H and O–H groups in total. The minimum absolute atomic E-state index is 0.0443. The minimum atomic E-state index is -0.367. The molecular weight excluding hydrogens is 470 g/mol. The van der Waals surface area contributed by atoms with Crippen LogP contribution in [-0.4, -0.2) is 29.5 Å². The van der Waals surface area contributed by atoms with E-state index in [0.717, 1.165) is 25.7 Å². The van der Waals surface area contributed by atoms with Crippen molar-refractivity contribution in [1.82, 2.24) is 18.5 Å². The average Bonchev–Trinajstić information content (AvgIpc) is 3.60. The van der Waals surface area contributed by atoms with Crippen LogP contribution in [0.25, 0.3) is 22.5 Å². The van der Waals surface area contributed by atoms with Gasteiger partial charge in [-0.25, -0.2) is 4.98 Å². The van der Waals surface area contributed by atoms with Crippen molar-refractivity contribution in [2.75, 3.05) is 5.32 Å². The van der Waals surface area contributed by atoms with E-state index in [2.05, 4.69) is 24.1 Å². The Hall–Kier alpha value is -3.98. The SMILES string of the molecule is Cn1cc(-c2ccnc(-n3ccn4c5c(cc4c3=O)CC(C)(C)C5)c2CO)cc(NC(=O)C2CC2)c1=O. The van der Waals surface area contributed by atoms with Crippen molar-refractivity contribution < 1.29 is 9.90 Å². The molecule has 0 aliphatic heterocycles. The fourth-order valence-corrected chi connectivity index (χ4v) is 5.47. The van der Waals surface area contributed by atoms with Gasteiger partial charge in [0.1, 0.15) is 17.0 Å². The summed E-state index contributed by atoms with van der Waals surface area (Å²) in [4.78, 5) is 43.1. The molecule has 0 saturated heterocycles. The number of hydrogen-bond donors (Lipinski definition) is 2. The summed E-state index contributed by atoms with van der Waals surface area (Å²) < 4.78 is 4.83. The van der Waals surface area contributed by atoms with E-state index < -0.39 is 0 Å². The third-order valence-corrected chi connectivity index (χ3v) is 7.47. The summed E-state index contributed by atoms with van der Waals surface area (Å²) in [6.07, 6.45) is 10.3. The molecule has 0 bridgehead atoms. The Labute approximate surface area is 213 Å². The number of aromatic nitrogens is 4. The Morgan fingerprint density at radius 1 is 1.16 bits per heavy atom. The van der Waals surface area contributed by atoms with Gasteiger partial charge in [0.15, 0.2) is 0 Å². The second-order valence-corrected chi connectivity index (χ2v) is 11.0. The fraction of sp³-hybridized carbons (Fsp3) is 0.357. The zero-order valence-electron chi connectivity index (χ0n) is 21.1. The quantitative estimate of drug-likeness (QED) is 0.439. The van der Waals surface area contributed by atoms with Gasteiger partial charge < -0.3 is 19.4 Å². The molecule has 9 nitrogen and oxygen atoms in total. The number of carbonyl (C=O) groups is 1. The molecule has 0 aromatic carbocycles. The highest BCUT2D eigenvalue weighted by atomic mass is 16.3. The predicted molar refractivity (Wildman–Crippen MR) is 140 cm³/mol. The van der Waals surface area contributed by atoms with Crippen LogP contribution in [-0.2, 0) is 31.3 Å². The van der Waals surface area contributed by atoms with Crippen molar-refractivity contribution in [3.8, 4) is 16.9 Å². The Kier molecular flexibility index (Phi) is 5.24. The Morgan fingerprint density at radius 2 is 1.95 bits per heavy atom. The van der Waals surface area contributed by atoms with Crippen LogP contribution in [0.4, 0.5) is 5.69 Å². The molecule has 4 aromatic heterocycles. The number of nitrogens with one attached hydrogen (secondary N) is 1. The van der Waals surface area contributed by atoms with Crippen LogP contribution in [0.2, 0.25) is 0 Å². The molecule has 9 heteroatoms. The van der Waals surface area contributed by atoms with Crippen LogP contribution in [0.1, 0.15) is 43.5 Å². The van der Waals surface area contributed by atoms with Crippen molar-refractivity contribution in [3.63, 3.8) is 0 Å². The van der Waals surface area contributed by atoms with E-state index in [1.54, 1.807) is 37.8 Å². The number of pyridine rings is 2. The normalized spacial score (nSPS) is 16.2. The van der Waals surface area contributed by atoms with Gasteiger partial charge >= 0.3 is 0 Å². The maximum Gasteiger partial charge on any atom is 0.280 e. The highest BCUT2D eigenvalue weighted by Crippen LogP contribution is 2.37. The molecule has 0 radical (unpaired) electrons. The lowest BCUT2D eigenvalue weighted by Gasteiger charge is -2.17. The number of aliphatic hydroxyl groups is 1. The molecule has 1 amide bonds. The number of anilines is 1. The number of carbonyl (C=O) groups excluding carboxylic acids is 1. The number of amides is 1. The molecule has 37 heavy (non-hydrogen) atoms. The van der Waals surface area contributed by atoms with Crippen LogP contribution in [0.5, 0.6) is 0 Å². The molecule has 2 aliphatic carbocycles. The first kappa shape index (κ1) is 23.4. The molecule has 1 fully saturated rings. The lowest BCUT2D eigenvalue weighted by atomic mass is 9.90. The van der Waals surface area contributed by atoms with Gasteiger partial charge in [-0.05, 0) is 60.4 Å². The van der Waals surface area contributed by atoms with Gasteiger partial charge in [-0.15, -0.1) is 0 Å². The molecule has 0 atom stereocenters. The van der Waals surface area contributed by atoms with Gasteiger partial charge in [0.2, 0.25) is 5.91 Å². The van der Waals surface area contributed by atoms with Gasteiger partial charge in [-0.3, -0.25) is 19.0 Å². The second-order valence-electron chi connectivity index (χ2n) is 11.0. The predicted octanol–water partition coefficient (Wildman–Crippen LogP) is 2.82. The number of aryl methyl sites for hydroxylation is 1. The van der Waals surface area contributed by atoms with E-state index in [-0.39, 0.29) is 40.7 Å². The monoisotopic (exact) mass is 499 g/mol. The number of hydrogen-bond acceptors (Lipinski definition) is 5. The van der Waals surface area contributed by atoms with E-state index >= 15 is 0 Å². The summed E-state index contributed by atoms with van der Waals surface area (Å²) in [6, 6.07) is 5.32. The first-order chi connectivity index (χ1) is 17.7. The summed E-state index contributed by atoms with van der Waals surface area (Å²) >= 11 is 0. The van der Waals surface area contributed by atoms with Crippen molar-refractivity contribution >= 4 is 17.1 Å². The third-order valence-electron chi connectivity index (χ3n) is 7.47. The first-order valence-electron chi connectivity index (χ1n) is 12.5. The van der Waals surface area contributed by atoms with Gasteiger partial charge in [0.05, 0.1) is 6.61 Å². The molecule has 0 unspecified atom stereocenters. The topological polar surface area (TPSA) is 111 Å². The van der Waals surface area contributed by atoms with E-state index in [1.807, 2.05) is 16.7 Å². The summed E-state index contributed by atoms with van der Waals surface area (Å²) in [6.45, 7) is 4.09. The molecule has 6 rings (SSSR count). The second kappa shape index (κ2) is 8.27. The number of aliphatic hydroxyl groups excluding tert-OH is 1. The van der Waals surface area contributed by atoms with Crippen molar-refractivity contribution in [2.45, 2.75) is 46.1 Å². The summed E-state index contributed by atoms with van der Waals surface area (Å²) in [5.74, 6) is 0.123. The highest BCUT2D eigenvalue weighted by molar-refractivity contribution is 5.94. The Morgan fingerprint density at radius 3 is 2.68 bits per heavy atom. The molecule has 190 valence electrons. The van der Waals surface area contributed by atoms with Crippen molar-refractivity contribution in [3.05, 3.63) is 80.5 Å². The maximum absolute atomic E-state index is 13.6. The summed E-state index contributed by atoms with van der Waals surface area (Å²) in [5.41, 5.74) is 4.45. The van der Waals surface area contributed by atoms with Gasteiger partial charge in [-0.1, -0.05) is 13.8 Å². The maximum atomic E-state index is 13.6. The van der Waals surface area contributed by atoms with Crippen molar-refractivity contribution in [1.29, 1.82) is 0 Å². The van der Waals surface area contributed by atoms with E-state index in [4.69, 9.17) is 0 Å². The molecule has 4 aromatic rings. The van der Waals surface area contributed by atoms with E-state index in [0.29, 0.717) is 28.0 Å². The largest absolute Gasteiger partial charge is 0.392 e. The lowest BCUT2D eigenvalue weighted by molar-refractivity contribution is -0.117. The van der Waals surface area contributed by atoms with Crippen LogP contribution >= 0.6 is 0 Å². The summed E-state index contributed by atoms with van der Waals surface area (Å²) in [5, 5.41) is 13.2. The minimum Gasteiger partial charge on any atom is -0.392 e. The first-order valence-corrected chi connectivity index (χ1v) is 12.5. The summed E-state index contributed by atoms with van der Waals surface area (Å²) in [7, 11) is 1.62. The molecule has 0 spiro atoms. The Bertz CT molecular complexity index is 1700. The average molecular weight is 500 g/mol. The highest BCUT2D eigenvalue weighted by Gasteiger charge is 2.32. The zero-order valence-corrected chi connectivity index (χ0v) is 21.1. The molecule has 4 heterocycles. The lowest BCUT2D eigenvalue weighted by Crippen LogP contribution is -2.25. The standard InChI is InChI=1S/C28H29N5O4/c1-28(2)12-17-11-22-27(37)33(9-8-32(22)23(17)13-28)24-20(15-34)19(6-7-29-24)18-10-21(26(36)31(3)14-18)30-25(35)16-4-5-16/h6-11,14,16,34H,4-5,12-13,15H2,1-3H3,(H,30,35). The molecule has 2 aliphatic rings. The van der Waals surface area contributed by atoms with Gasteiger partial charge in [0, 0.05) is 54.6 Å². The Balaban J connectivity index is 1.46. The van der Waals surface area contributed by atoms with Crippen LogP contribution in [0.15, 0.2) is 52.6 Å². The smallest absolute Gasteiger partial charge is 0.280 e. The zero-order chi connectivity index (χ0) is 26.1. The molecular formula is C28H29N5O4. The van der Waals surface area contributed by atoms with Crippen LogP contribution < -0.4 is 16.4 Å². The van der Waals surface area contributed by atoms with Crippen LogP contribution in [0.3, 0.4) is 0 Å².